The summed E-state index contributed by atoms with van der Waals surface area (Å²) in [6, 6.07) is 0. The third-order valence-corrected chi connectivity index (χ3v) is 3.02. The smallest absolute Gasteiger partial charge is 0.308 e. The Morgan fingerprint density at radius 2 is 1.88 bits per heavy atom. The molecule has 0 aromatic rings. The second kappa shape index (κ2) is 6.33. The number of esters is 1. The molecular weight excluding hydrogens is 222 g/mol. The van der Waals surface area contributed by atoms with Crippen LogP contribution >= 0.6 is 0 Å². The summed E-state index contributed by atoms with van der Waals surface area (Å²) in [5, 5.41) is 22.6. The van der Waals surface area contributed by atoms with Gasteiger partial charge in [0, 0.05) is 12.1 Å². The fraction of sp³-hybridized carbons (Fsp3) is 0.917. The third kappa shape index (κ3) is 6.00. The highest BCUT2D eigenvalue weighted by molar-refractivity contribution is 5.69. The van der Waals surface area contributed by atoms with Crippen LogP contribution in [0.15, 0.2) is 0 Å². The molecule has 0 spiro atoms. The maximum atomic E-state index is 11.1. The first-order valence-electron chi connectivity index (χ1n) is 5.91. The first-order chi connectivity index (χ1) is 7.60. The highest BCUT2D eigenvalue weighted by Gasteiger charge is 2.34. The van der Waals surface area contributed by atoms with Crippen LogP contribution in [0.5, 0.6) is 0 Å². The molecule has 0 aliphatic heterocycles. The summed E-state index contributed by atoms with van der Waals surface area (Å²) in [6.45, 7) is 9.33. The van der Waals surface area contributed by atoms with E-state index in [0.29, 0.717) is 6.61 Å². The molecule has 0 saturated heterocycles. The van der Waals surface area contributed by atoms with Crippen LogP contribution in [0.4, 0.5) is 0 Å². The second-order valence-corrected chi connectivity index (χ2v) is 5.23. The highest BCUT2D eigenvalue weighted by atomic mass is 16.5. The fourth-order valence-corrected chi connectivity index (χ4v) is 1.07. The van der Waals surface area contributed by atoms with Crippen molar-refractivity contribution in [3.63, 3.8) is 0 Å². The molecule has 0 saturated carbocycles. The van der Waals surface area contributed by atoms with Crippen molar-refractivity contribution in [2.24, 2.45) is 0 Å². The van der Waals surface area contributed by atoms with E-state index in [9.17, 15) is 15.0 Å². The van der Waals surface area contributed by atoms with Gasteiger partial charge in [0.25, 0.3) is 0 Å². The number of ether oxygens (including phenoxy) is 1. The van der Waals surface area contributed by atoms with E-state index in [4.69, 9.17) is 4.74 Å². The summed E-state index contributed by atoms with van der Waals surface area (Å²) in [4.78, 5) is 11.1. The predicted molar refractivity (Wildman–Crippen MR) is 65.6 cm³/mol. The van der Waals surface area contributed by atoms with Crippen molar-refractivity contribution >= 4 is 5.97 Å². The molecule has 5 heteroatoms. The van der Waals surface area contributed by atoms with Crippen LogP contribution in [0.2, 0.25) is 0 Å². The van der Waals surface area contributed by atoms with Gasteiger partial charge in [0.15, 0.2) is 0 Å². The van der Waals surface area contributed by atoms with Crippen LogP contribution in [0, 0.1) is 0 Å². The van der Waals surface area contributed by atoms with Crippen molar-refractivity contribution < 1.29 is 19.7 Å². The molecule has 0 aromatic heterocycles. The van der Waals surface area contributed by atoms with E-state index in [-0.39, 0.29) is 13.0 Å². The van der Waals surface area contributed by atoms with Crippen LogP contribution in [0.25, 0.3) is 0 Å². The lowest BCUT2D eigenvalue weighted by molar-refractivity contribution is -0.145. The van der Waals surface area contributed by atoms with Gasteiger partial charge in [0.1, 0.15) is 0 Å². The van der Waals surface area contributed by atoms with Crippen molar-refractivity contribution in [3.8, 4) is 0 Å². The van der Waals surface area contributed by atoms with E-state index in [0.717, 1.165) is 0 Å². The van der Waals surface area contributed by atoms with Gasteiger partial charge < -0.3 is 20.3 Å². The molecule has 17 heavy (non-hydrogen) atoms. The van der Waals surface area contributed by atoms with Crippen LogP contribution in [-0.2, 0) is 9.53 Å². The van der Waals surface area contributed by atoms with Crippen molar-refractivity contribution in [3.05, 3.63) is 0 Å². The van der Waals surface area contributed by atoms with Crippen molar-refractivity contribution in [2.75, 3.05) is 13.2 Å². The summed E-state index contributed by atoms with van der Waals surface area (Å²) in [6.07, 6.45) is -0.848. The van der Waals surface area contributed by atoms with Crippen molar-refractivity contribution in [1.82, 2.24) is 5.32 Å². The SMILES string of the molecule is CCOC(=O)CC(O)CNC(C)(C)C(C)(C)O. The zero-order chi connectivity index (χ0) is 13.7. The Kier molecular flexibility index (Phi) is 6.09. The van der Waals surface area contributed by atoms with Gasteiger partial charge >= 0.3 is 5.97 Å². The minimum absolute atomic E-state index is 0.0389. The van der Waals surface area contributed by atoms with E-state index in [1.54, 1.807) is 20.8 Å². The number of hydrogen-bond donors (Lipinski definition) is 3. The normalized spacial score (nSPS) is 14.5. The van der Waals surface area contributed by atoms with Gasteiger partial charge in [-0.05, 0) is 34.6 Å². The van der Waals surface area contributed by atoms with Gasteiger partial charge in [0.05, 0.1) is 24.7 Å². The summed E-state index contributed by atoms with van der Waals surface area (Å²) in [7, 11) is 0. The van der Waals surface area contributed by atoms with Gasteiger partial charge in [-0.3, -0.25) is 4.79 Å². The van der Waals surface area contributed by atoms with Gasteiger partial charge in [-0.2, -0.15) is 0 Å². The fourth-order valence-electron chi connectivity index (χ4n) is 1.07. The molecular formula is C12H25NO4. The quantitative estimate of drug-likeness (QED) is 0.569. The molecule has 0 aliphatic rings. The van der Waals surface area contributed by atoms with Crippen molar-refractivity contribution in [1.29, 1.82) is 0 Å². The average molecular weight is 247 g/mol. The minimum atomic E-state index is -0.920. The van der Waals surface area contributed by atoms with E-state index >= 15 is 0 Å². The molecule has 0 radical (unpaired) electrons. The number of nitrogens with one attached hydrogen (secondary N) is 1. The van der Waals surface area contributed by atoms with Crippen LogP contribution in [0.1, 0.15) is 41.0 Å². The highest BCUT2D eigenvalue weighted by Crippen LogP contribution is 2.20. The zero-order valence-electron chi connectivity index (χ0n) is 11.4. The molecule has 1 unspecified atom stereocenters. The molecule has 3 N–H and O–H groups in total. The van der Waals surface area contributed by atoms with Gasteiger partial charge in [0.2, 0.25) is 0 Å². The number of β-amino-alcohol motifs (C(OH)–C–C–N with tert-alkyl or cyclic N) is 1. The first kappa shape index (κ1) is 16.4. The number of aliphatic hydroxyl groups is 2. The van der Waals surface area contributed by atoms with Gasteiger partial charge in [-0.15, -0.1) is 0 Å². The maximum absolute atomic E-state index is 11.1. The summed E-state index contributed by atoms with van der Waals surface area (Å²) >= 11 is 0. The molecule has 1 atom stereocenters. The molecule has 0 aromatic carbocycles. The van der Waals surface area contributed by atoms with E-state index < -0.39 is 23.2 Å². The lowest BCUT2D eigenvalue weighted by Crippen LogP contribution is -2.57. The predicted octanol–water partition coefficient (Wildman–Crippen LogP) is 0.440. The maximum Gasteiger partial charge on any atom is 0.308 e. The van der Waals surface area contributed by atoms with Crippen LogP contribution in [-0.4, -0.2) is 46.6 Å². The molecule has 0 amide bonds. The average Bonchev–Trinajstić information content (AvgIpc) is 2.13. The second-order valence-electron chi connectivity index (χ2n) is 5.23. The van der Waals surface area contributed by atoms with E-state index in [1.165, 1.54) is 0 Å². The first-order valence-corrected chi connectivity index (χ1v) is 5.91. The van der Waals surface area contributed by atoms with Gasteiger partial charge in [-0.25, -0.2) is 0 Å². The molecule has 5 nitrogen and oxygen atoms in total. The van der Waals surface area contributed by atoms with Crippen LogP contribution < -0.4 is 5.32 Å². The minimum Gasteiger partial charge on any atom is -0.466 e. The molecule has 0 fully saturated rings. The van der Waals surface area contributed by atoms with E-state index in [1.807, 2.05) is 13.8 Å². The number of rotatable bonds is 7. The number of carbonyl (C=O) groups is 1. The van der Waals surface area contributed by atoms with Crippen molar-refractivity contribution in [2.45, 2.75) is 58.3 Å². The van der Waals surface area contributed by atoms with Gasteiger partial charge in [-0.1, -0.05) is 0 Å². The lowest BCUT2D eigenvalue weighted by Gasteiger charge is -2.38. The number of aliphatic hydroxyl groups excluding tert-OH is 1. The molecule has 0 rings (SSSR count). The molecule has 0 aliphatic carbocycles. The summed E-state index contributed by atoms with van der Waals surface area (Å²) < 4.78 is 4.74. The summed E-state index contributed by atoms with van der Waals surface area (Å²) in [5.74, 6) is -0.414. The third-order valence-electron chi connectivity index (χ3n) is 3.02. The molecule has 0 bridgehead atoms. The summed E-state index contributed by atoms with van der Waals surface area (Å²) in [5.41, 5.74) is -1.47. The molecule has 102 valence electrons. The standard InChI is InChI=1S/C12H25NO4/c1-6-17-10(15)7-9(14)8-13-11(2,3)12(4,5)16/h9,13-14,16H,6-8H2,1-5H3. The van der Waals surface area contributed by atoms with Crippen LogP contribution in [0.3, 0.4) is 0 Å². The Bertz CT molecular complexity index is 245. The molecule has 0 heterocycles. The zero-order valence-corrected chi connectivity index (χ0v) is 11.4. The Morgan fingerprint density at radius 1 is 1.35 bits per heavy atom. The monoisotopic (exact) mass is 247 g/mol. The van der Waals surface area contributed by atoms with E-state index in [2.05, 4.69) is 5.32 Å². The number of hydrogen-bond acceptors (Lipinski definition) is 5. The Balaban J connectivity index is 4.08. The Labute approximate surface area is 103 Å². The largest absolute Gasteiger partial charge is 0.466 e. The lowest BCUT2D eigenvalue weighted by atomic mass is 9.86. The Hall–Kier alpha value is -0.650. The number of carbonyl (C=O) groups excluding carboxylic acids is 1. The topological polar surface area (TPSA) is 78.8 Å². The Morgan fingerprint density at radius 3 is 2.29 bits per heavy atom.